The molecular formula is C20H17BrO5. The van der Waals surface area contributed by atoms with Crippen LogP contribution in [0.4, 0.5) is 0 Å². The van der Waals surface area contributed by atoms with Crippen LogP contribution >= 0.6 is 15.9 Å². The van der Waals surface area contributed by atoms with Crippen LogP contribution < -0.4 is 4.74 Å². The van der Waals surface area contributed by atoms with Gasteiger partial charge in [0.2, 0.25) is 0 Å². The van der Waals surface area contributed by atoms with Crippen molar-refractivity contribution in [3.63, 3.8) is 0 Å². The number of halogens is 1. The van der Waals surface area contributed by atoms with Crippen molar-refractivity contribution in [2.24, 2.45) is 0 Å². The maximum absolute atomic E-state index is 12.1. The summed E-state index contributed by atoms with van der Waals surface area (Å²) in [4.78, 5) is 24.3. The zero-order valence-electron chi connectivity index (χ0n) is 14.3. The van der Waals surface area contributed by atoms with E-state index >= 15 is 0 Å². The minimum Gasteiger partial charge on any atom is -0.488 e. The SMILES string of the molecule is CC1(C)OC(=O)C(=Cc2ccc(Br)cc2OCc2ccccc2)C(=O)O1. The molecule has 0 aromatic heterocycles. The fourth-order valence-electron chi connectivity index (χ4n) is 2.42. The topological polar surface area (TPSA) is 61.8 Å². The molecule has 0 N–H and O–H groups in total. The second kappa shape index (κ2) is 7.33. The Morgan fingerprint density at radius 2 is 1.69 bits per heavy atom. The lowest BCUT2D eigenvalue weighted by Gasteiger charge is -2.29. The second-order valence-electron chi connectivity index (χ2n) is 6.19. The van der Waals surface area contributed by atoms with E-state index in [1.807, 2.05) is 30.3 Å². The zero-order valence-corrected chi connectivity index (χ0v) is 15.9. The van der Waals surface area contributed by atoms with E-state index in [-0.39, 0.29) is 5.57 Å². The molecule has 0 radical (unpaired) electrons. The van der Waals surface area contributed by atoms with Gasteiger partial charge in [-0.1, -0.05) is 52.3 Å². The molecule has 1 heterocycles. The third-order valence-electron chi connectivity index (χ3n) is 3.63. The van der Waals surface area contributed by atoms with Gasteiger partial charge in [0.1, 0.15) is 17.9 Å². The molecule has 5 nitrogen and oxygen atoms in total. The normalized spacial score (nSPS) is 15.9. The maximum Gasteiger partial charge on any atom is 0.348 e. The summed E-state index contributed by atoms with van der Waals surface area (Å²) >= 11 is 3.40. The summed E-state index contributed by atoms with van der Waals surface area (Å²) in [6.45, 7) is 3.37. The van der Waals surface area contributed by atoms with E-state index in [0.29, 0.717) is 17.9 Å². The number of esters is 2. The molecule has 1 aliphatic rings. The number of carbonyl (C=O) groups excluding carboxylic acids is 2. The van der Waals surface area contributed by atoms with E-state index in [4.69, 9.17) is 14.2 Å². The Kier molecular flexibility index (Phi) is 5.13. The first-order chi connectivity index (χ1) is 12.3. The molecule has 0 spiro atoms. The fraction of sp³-hybridized carbons (Fsp3) is 0.200. The first kappa shape index (κ1) is 18.2. The van der Waals surface area contributed by atoms with E-state index in [0.717, 1.165) is 10.0 Å². The van der Waals surface area contributed by atoms with Crippen molar-refractivity contribution in [1.82, 2.24) is 0 Å². The molecule has 26 heavy (non-hydrogen) atoms. The van der Waals surface area contributed by atoms with Crippen LogP contribution in [0.2, 0.25) is 0 Å². The van der Waals surface area contributed by atoms with Gasteiger partial charge in [-0.05, 0) is 23.8 Å². The predicted octanol–water partition coefficient (Wildman–Crippen LogP) is 4.25. The van der Waals surface area contributed by atoms with Crippen LogP contribution in [0, 0.1) is 0 Å². The van der Waals surface area contributed by atoms with Gasteiger partial charge >= 0.3 is 11.9 Å². The Bertz CT molecular complexity index is 849. The van der Waals surface area contributed by atoms with Crippen molar-refractivity contribution in [3.05, 3.63) is 69.7 Å². The number of carbonyl (C=O) groups is 2. The molecule has 0 bridgehead atoms. The van der Waals surface area contributed by atoms with Gasteiger partial charge in [-0.25, -0.2) is 9.59 Å². The number of rotatable bonds is 4. The summed E-state index contributed by atoms with van der Waals surface area (Å²) in [5.74, 6) is -2.18. The molecule has 134 valence electrons. The Labute approximate surface area is 159 Å². The van der Waals surface area contributed by atoms with Crippen molar-refractivity contribution in [3.8, 4) is 5.75 Å². The highest BCUT2D eigenvalue weighted by molar-refractivity contribution is 9.10. The van der Waals surface area contributed by atoms with Crippen LogP contribution in [0.25, 0.3) is 6.08 Å². The lowest BCUT2D eigenvalue weighted by Crippen LogP contribution is -2.41. The Hall–Kier alpha value is -2.60. The van der Waals surface area contributed by atoms with Crippen LogP contribution in [0.15, 0.2) is 58.6 Å². The molecule has 6 heteroatoms. The van der Waals surface area contributed by atoms with Crippen LogP contribution in [0.3, 0.4) is 0 Å². The first-order valence-corrected chi connectivity index (χ1v) is 8.78. The van der Waals surface area contributed by atoms with E-state index < -0.39 is 17.7 Å². The molecule has 3 rings (SSSR count). The maximum atomic E-state index is 12.1. The van der Waals surface area contributed by atoms with Gasteiger partial charge in [-0.15, -0.1) is 0 Å². The Balaban J connectivity index is 1.88. The van der Waals surface area contributed by atoms with Gasteiger partial charge in [-0.3, -0.25) is 0 Å². The first-order valence-electron chi connectivity index (χ1n) is 7.99. The molecular weight excluding hydrogens is 400 g/mol. The summed E-state index contributed by atoms with van der Waals surface area (Å²) < 4.78 is 16.9. The molecule has 2 aromatic carbocycles. The van der Waals surface area contributed by atoms with Gasteiger partial charge in [-0.2, -0.15) is 0 Å². The molecule has 0 amide bonds. The van der Waals surface area contributed by atoms with E-state index in [1.54, 1.807) is 18.2 Å². The van der Waals surface area contributed by atoms with E-state index in [2.05, 4.69) is 15.9 Å². The number of ether oxygens (including phenoxy) is 3. The zero-order chi connectivity index (χ0) is 18.7. The second-order valence-corrected chi connectivity index (χ2v) is 7.11. The number of hydrogen-bond acceptors (Lipinski definition) is 5. The average molecular weight is 417 g/mol. The van der Waals surface area contributed by atoms with E-state index in [9.17, 15) is 9.59 Å². The number of benzene rings is 2. The molecule has 0 saturated carbocycles. The van der Waals surface area contributed by atoms with Crippen molar-refractivity contribution in [2.75, 3.05) is 0 Å². The van der Waals surface area contributed by atoms with Gasteiger partial charge in [0.25, 0.3) is 5.79 Å². The highest BCUT2D eigenvalue weighted by Gasteiger charge is 2.39. The van der Waals surface area contributed by atoms with Crippen molar-refractivity contribution in [2.45, 2.75) is 26.2 Å². The lowest BCUT2D eigenvalue weighted by atomic mass is 10.1. The van der Waals surface area contributed by atoms with Crippen LogP contribution in [-0.2, 0) is 25.7 Å². The molecule has 0 unspecified atom stereocenters. The van der Waals surface area contributed by atoms with Crippen molar-refractivity contribution < 1.29 is 23.8 Å². The van der Waals surface area contributed by atoms with Crippen molar-refractivity contribution >= 4 is 33.9 Å². The van der Waals surface area contributed by atoms with Gasteiger partial charge in [0.15, 0.2) is 0 Å². The predicted molar refractivity (Wildman–Crippen MR) is 99.2 cm³/mol. The lowest BCUT2D eigenvalue weighted by molar-refractivity contribution is -0.222. The third kappa shape index (κ3) is 4.32. The highest BCUT2D eigenvalue weighted by atomic mass is 79.9. The van der Waals surface area contributed by atoms with Crippen LogP contribution in [0.1, 0.15) is 25.0 Å². The average Bonchev–Trinajstić information content (AvgIpc) is 2.57. The molecule has 1 aliphatic heterocycles. The minimum atomic E-state index is -1.27. The summed E-state index contributed by atoms with van der Waals surface area (Å²) in [6.07, 6.45) is 1.42. The van der Waals surface area contributed by atoms with Crippen LogP contribution in [0.5, 0.6) is 5.75 Å². The summed E-state index contributed by atoms with van der Waals surface area (Å²) in [7, 11) is 0. The Morgan fingerprint density at radius 1 is 1.04 bits per heavy atom. The monoisotopic (exact) mass is 416 g/mol. The number of hydrogen-bond donors (Lipinski definition) is 0. The van der Waals surface area contributed by atoms with Crippen LogP contribution in [-0.4, -0.2) is 17.7 Å². The summed E-state index contributed by atoms with van der Waals surface area (Å²) in [6, 6.07) is 15.0. The molecule has 1 fully saturated rings. The minimum absolute atomic E-state index is 0.170. The largest absolute Gasteiger partial charge is 0.488 e. The van der Waals surface area contributed by atoms with Gasteiger partial charge in [0, 0.05) is 23.9 Å². The highest BCUT2D eigenvalue weighted by Crippen LogP contribution is 2.29. The smallest absolute Gasteiger partial charge is 0.348 e. The molecule has 0 aliphatic carbocycles. The molecule has 2 aromatic rings. The quantitative estimate of drug-likeness (QED) is 0.423. The van der Waals surface area contributed by atoms with Crippen molar-refractivity contribution in [1.29, 1.82) is 0 Å². The Morgan fingerprint density at radius 3 is 2.35 bits per heavy atom. The summed E-state index contributed by atoms with van der Waals surface area (Å²) in [5.41, 5.74) is 1.41. The summed E-state index contributed by atoms with van der Waals surface area (Å²) in [5, 5.41) is 0. The van der Waals surface area contributed by atoms with E-state index in [1.165, 1.54) is 19.9 Å². The number of cyclic esters (lactones) is 2. The standard InChI is InChI=1S/C20H17BrO5/c1-20(2)25-18(22)16(19(23)26-20)10-14-8-9-15(21)11-17(14)24-12-13-6-4-3-5-7-13/h3-11H,12H2,1-2H3. The molecule has 0 atom stereocenters. The molecule has 1 saturated heterocycles. The third-order valence-corrected chi connectivity index (χ3v) is 4.12. The van der Waals surface area contributed by atoms with Gasteiger partial charge in [0.05, 0.1) is 0 Å². The fourth-order valence-corrected chi connectivity index (χ4v) is 2.76. The van der Waals surface area contributed by atoms with Gasteiger partial charge < -0.3 is 14.2 Å².